The maximum atomic E-state index is 12.7. The van der Waals surface area contributed by atoms with Crippen molar-refractivity contribution in [2.45, 2.75) is 0 Å². The molecule has 7 nitrogen and oxygen atoms in total. The normalized spacial score (nSPS) is 13.8. The fraction of sp³-hybridized carbons (Fsp3) is 0.263. The highest BCUT2D eigenvalue weighted by atomic mass is 16.5. The Bertz CT molecular complexity index is 788. The first-order valence-electron chi connectivity index (χ1n) is 8.35. The second kappa shape index (κ2) is 8.35. The minimum Gasteiger partial charge on any atom is -0.497 e. The Morgan fingerprint density at radius 2 is 1.81 bits per heavy atom. The van der Waals surface area contributed by atoms with Crippen LogP contribution in [0.5, 0.6) is 5.75 Å². The van der Waals surface area contributed by atoms with Gasteiger partial charge in [-0.25, -0.2) is 4.79 Å². The maximum Gasteiger partial charge on any atom is 0.323 e. The topological polar surface area (TPSA) is 79.9 Å². The number of hydrogen-bond acceptors (Lipinski definition) is 4. The van der Waals surface area contributed by atoms with Crippen molar-refractivity contribution >= 4 is 23.3 Å². The molecule has 3 rings (SSSR count). The number of nitrogens with zero attached hydrogens (tertiary/aromatic N) is 1. The molecule has 0 radical (unpaired) electrons. The van der Waals surface area contributed by atoms with Gasteiger partial charge in [-0.1, -0.05) is 18.2 Å². The standard InChI is InChI=1S/C19H21N3O4/c1-25-15-6-4-5-14(13-15)20-19(24)21-17-8-3-2-7-16(17)18(23)22-9-11-26-12-10-22/h2-8,13H,9-12H2,1H3,(H2,20,21,24). The highest BCUT2D eigenvalue weighted by Crippen LogP contribution is 2.20. The largest absolute Gasteiger partial charge is 0.497 e. The summed E-state index contributed by atoms with van der Waals surface area (Å²) in [6, 6.07) is 13.6. The van der Waals surface area contributed by atoms with Crippen LogP contribution in [0.15, 0.2) is 48.5 Å². The lowest BCUT2D eigenvalue weighted by Crippen LogP contribution is -2.41. The molecule has 3 amide bonds. The minimum atomic E-state index is -0.430. The quantitative estimate of drug-likeness (QED) is 0.884. The molecule has 1 saturated heterocycles. The van der Waals surface area contributed by atoms with Gasteiger partial charge in [0.05, 0.1) is 31.6 Å². The van der Waals surface area contributed by atoms with Crippen LogP contribution >= 0.6 is 0 Å². The summed E-state index contributed by atoms with van der Waals surface area (Å²) in [5.74, 6) is 0.524. The number of benzene rings is 2. The van der Waals surface area contributed by atoms with E-state index in [4.69, 9.17) is 9.47 Å². The van der Waals surface area contributed by atoms with E-state index >= 15 is 0 Å². The molecule has 7 heteroatoms. The average molecular weight is 355 g/mol. The molecule has 0 aromatic heterocycles. The predicted molar refractivity (Wildman–Crippen MR) is 98.8 cm³/mol. The minimum absolute atomic E-state index is 0.120. The molecule has 0 unspecified atom stereocenters. The van der Waals surface area contributed by atoms with E-state index in [1.807, 2.05) is 0 Å². The molecular formula is C19H21N3O4. The zero-order chi connectivity index (χ0) is 18.4. The molecule has 1 aliphatic heterocycles. The van der Waals surface area contributed by atoms with Crippen molar-refractivity contribution in [1.29, 1.82) is 0 Å². The van der Waals surface area contributed by atoms with Crippen LogP contribution in [0.4, 0.5) is 16.2 Å². The zero-order valence-corrected chi connectivity index (χ0v) is 14.5. The third-order valence-electron chi connectivity index (χ3n) is 4.03. The van der Waals surface area contributed by atoms with Crippen molar-refractivity contribution in [3.05, 3.63) is 54.1 Å². The molecule has 2 N–H and O–H groups in total. The van der Waals surface area contributed by atoms with Crippen molar-refractivity contribution in [3.63, 3.8) is 0 Å². The summed E-state index contributed by atoms with van der Waals surface area (Å²) in [5, 5.41) is 5.48. The van der Waals surface area contributed by atoms with Gasteiger partial charge in [0.15, 0.2) is 0 Å². The van der Waals surface area contributed by atoms with E-state index in [0.717, 1.165) is 0 Å². The third kappa shape index (κ3) is 4.31. The highest BCUT2D eigenvalue weighted by molar-refractivity contribution is 6.06. The van der Waals surface area contributed by atoms with Crippen molar-refractivity contribution in [1.82, 2.24) is 4.90 Å². The summed E-state index contributed by atoms with van der Waals surface area (Å²) in [4.78, 5) is 26.8. The Morgan fingerprint density at radius 3 is 2.58 bits per heavy atom. The van der Waals surface area contributed by atoms with Crippen LogP contribution in [0.3, 0.4) is 0 Å². The van der Waals surface area contributed by atoms with Crippen LogP contribution in [-0.4, -0.2) is 50.3 Å². The molecule has 1 fully saturated rings. The van der Waals surface area contributed by atoms with Gasteiger partial charge in [0.2, 0.25) is 0 Å². The van der Waals surface area contributed by atoms with Crippen LogP contribution in [0.25, 0.3) is 0 Å². The van der Waals surface area contributed by atoms with E-state index in [1.165, 1.54) is 0 Å². The molecule has 2 aromatic rings. The molecular weight excluding hydrogens is 334 g/mol. The summed E-state index contributed by atoms with van der Waals surface area (Å²) in [6.45, 7) is 2.14. The average Bonchev–Trinajstić information content (AvgIpc) is 2.68. The molecule has 0 atom stereocenters. The number of carbonyl (C=O) groups excluding carboxylic acids is 2. The Balaban J connectivity index is 1.71. The smallest absolute Gasteiger partial charge is 0.323 e. The van der Waals surface area contributed by atoms with E-state index in [-0.39, 0.29) is 5.91 Å². The Morgan fingerprint density at radius 1 is 1.04 bits per heavy atom. The summed E-state index contributed by atoms with van der Waals surface area (Å²) in [6.07, 6.45) is 0. The van der Waals surface area contributed by atoms with E-state index in [0.29, 0.717) is 49.0 Å². The van der Waals surface area contributed by atoms with Gasteiger partial charge < -0.3 is 25.0 Å². The van der Waals surface area contributed by atoms with Gasteiger partial charge in [0.25, 0.3) is 5.91 Å². The molecule has 0 saturated carbocycles. The zero-order valence-electron chi connectivity index (χ0n) is 14.5. The van der Waals surface area contributed by atoms with E-state index < -0.39 is 6.03 Å². The molecule has 1 aliphatic rings. The number of para-hydroxylation sites is 1. The molecule has 1 heterocycles. The number of anilines is 2. The number of nitrogens with one attached hydrogen (secondary N) is 2. The third-order valence-corrected chi connectivity index (χ3v) is 4.03. The number of urea groups is 1. The van der Waals surface area contributed by atoms with Crippen molar-refractivity contribution in [3.8, 4) is 5.75 Å². The lowest BCUT2D eigenvalue weighted by molar-refractivity contribution is 0.0303. The van der Waals surface area contributed by atoms with E-state index in [9.17, 15) is 9.59 Å². The first kappa shape index (κ1) is 17.8. The lowest BCUT2D eigenvalue weighted by atomic mass is 10.1. The van der Waals surface area contributed by atoms with Gasteiger partial charge in [-0.3, -0.25) is 4.79 Å². The molecule has 26 heavy (non-hydrogen) atoms. The highest BCUT2D eigenvalue weighted by Gasteiger charge is 2.21. The van der Waals surface area contributed by atoms with Crippen LogP contribution in [0, 0.1) is 0 Å². The van der Waals surface area contributed by atoms with E-state index in [2.05, 4.69) is 10.6 Å². The van der Waals surface area contributed by atoms with Crippen LogP contribution in [0.1, 0.15) is 10.4 Å². The second-order valence-electron chi connectivity index (χ2n) is 5.76. The van der Waals surface area contributed by atoms with E-state index in [1.54, 1.807) is 60.5 Å². The first-order valence-corrected chi connectivity index (χ1v) is 8.35. The second-order valence-corrected chi connectivity index (χ2v) is 5.76. The van der Waals surface area contributed by atoms with Crippen LogP contribution in [-0.2, 0) is 4.74 Å². The molecule has 2 aromatic carbocycles. The maximum absolute atomic E-state index is 12.7. The SMILES string of the molecule is COc1cccc(NC(=O)Nc2ccccc2C(=O)N2CCOCC2)c1. The van der Waals surface area contributed by atoms with Gasteiger partial charge in [0, 0.05) is 24.8 Å². The van der Waals surface area contributed by atoms with Crippen molar-refractivity contribution in [2.75, 3.05) is 44.0 Å². The van der Waals surface area contributed by atoms with Gasteiger partial charge in [-0.15, -0.1) is 0 Å². The summed E-state index contributed by atoms with van der Waals surface area (Å²) >= 11 is 0. The van der Waals surface area contributed by atoms with Crippen molar-refractivity contribution in [2.24, 2.45) is 0 Å². The fourth-order valence-electron chi connectivity index (χ4n) is 2.70. The number of morpholine rings is 1. The number of methoxy groups -OCH3 is 1. The van der Waals surface area contributed by atoms with Gasteiger partial charge >= 0.3 is 6.03 Å². The number of rotatable bonds is 4. The van der Waals surface area contributed by atoms with Gasteiger partial charge in [-0.2, -0.15) is 0 Å². The Kier molecular flexibility index (Phi) is 5.70. The Hall–Kier alpha value is -3.06. The lowest BCUT2D eigenvalue weighted by Gasteiger charge is -2.27. The number of carbonyl (C=O) groups is 2. The summed E-state index contributed by atoms with van der Waals surface area (Å²) < 4.78 is 10.4. The summed E-state index contributed by atoms with van der Waals surface area (Å²) in [5.41, 5.74) is 1.51. The van der Waals surface area contributed by atoms with Crippen molar-refractivity contribution < 1.29 is 19.1 Å². The van der Waals surface area contributed by atoms with Gasteiger partial charge in [0.1, 0.15) is 5.75 Å². The first-order chi connectivity index (χ1) is 12.7. The molecule has 0 bridgehead atoms. The monoisotopic (exact) mass is 355 g/mol. The number of amides is 3. The Labute approximate surface area is 151 Å². The molecule has 136 valence electrons. The number of ether oxygens (including phenoxy) is 2. The fourth-order valence-corrected chi connectivity index (χ4v) is 2.70. The molecule has 0 spiro atoms. The predicted octanol–water partition coefficient (Wildman–Crippen LogP) is 2.81. The van der Waals surface area contributed by atoms with Gasteiger partial charge in [-0.05, 0) is 24.3 Å². The summed E-state index contributed by atoms with van der Waals surface area (Å²) in [7, 11) is 1.56. The molecule has 0 aliphatic carbocycles. The van der Waals surface area contributed by atoms with Crippen LogP contribution < -0.4 is 15.4 Å². The number of hydrogen-bond donors (Lipinski definition) is 2. The van der Waals surface area contributed by atoms with Crippen LogP contribution in [0.2, 0.25) is 0 Å².